The predicted molar refractivity (Wildman–Crippen MR) is 80.0 cm³/mol. The maximum Gasteiger partial charge on any atom is 0.123 e. The van der Waals surface area contributed by atoms with Crippen molar-refractivity contribution in [3.63, 3.8) is 0 Å². The van der Waals surface area contributed by atoms with Crippen LogP contribution in [-0.4, -0.2) is 16.3 Å². The summed E-state index contributed by atoms with van der Waals surface area (Å²) < 4.78 is 15.5. The largest absolute Gasteiger partial charge is 0.313 e. The van der Waals surface area contributed by atoms with Crippen molar-refractivity contribution >= 4 is 0 Å². The van der Waals surface area contributed by atoms with Crippen LogP contribution < -0.4 is 5.32 Å². The third-order valence-electron chi connectivity index (χ3n) is 3.50. The number of nitrogens with one attached hydrogen (secondary N) is 1. The molecule has 0 unspecified atom stereocenters. The van der Waals surface area contributed by atoms with Crippen molar-refractivity contribution in [3.05, 3.63) is 41.5 Å². The molecule has 108 valence electrons. The Bertz CT molecular complexity index is 575. The highest BCUT2D eigenvalue weighted by molar-refractivity contribution is 5.69. The molecular formula is C16H22FN3. The Morgan fingerprint density at radius 1 is 1.25 bits per heavy atom. The van der Waals surface area contributed by atoms with Crippen LogP contribution in [0.3, 0.4) is 0 Å². The minimum Gasteiger partial charge on any atom is -0.313 e. The van der Waals surface area contributed by atoms with E-state index >= 15 is 0 Å². The number of benzene rings is 1. The van der Waals surface area contributed by atoms with Gasteiger partial charge in [-0.1, -0.05) is 13.0 Å². The third-order valence-corrected chi connectivity index (χ3v) is 3.50. The molecule has 0 aliphatic rings. The zero-order valence-corrected chi connectivity index (χ0v) is 12.4. The summed E-state index contributed by atoms with van der Waals surface area (Å²) in [6.07, 6.45) is 2.94. The van der Waals surface area contributed by atoms with Crippen LogP contribution in [0.2, 0.25) is 0 Å². The molecule has 1 heterocycles. The number of hydrogen-bond acceptors (Lipinski definition) is 2. The fourth-order valence-electron chi connectivity index (χ4n) is 2.40. The number of rotatable bonds is 6. The van der Waals surface area contributed by atoms with E-state index in [9.17, 15) is 4.39 Å². The minimum absolute atomic E-state index is 0.192. The molecule has 1 aromatic carbocycles. The number of aryl methyl sites for hydroxylation is 1. The lowest BCUT2D eigenvalue weighted by Gasteiger charge is -2.11. The van der Waals surface area contributed by atoms with Crippen LogP contribution in [0.15, 0.2) is 24.4 Å². The number of hydrogen-bond donors (Lipinski definition) is 1. The van der Waals surface area contributed by atoms with Gasteiger partial charge in [0.25, 0.3) is 0 Å². The number of halogens is 1. The standard InChI is InChI=1S/C16H22FN3/c1-4-8-18-10-13-9-14(17)6-7-15(13)16-11-19-20(5-2)12(16)3/h6-7,9,11,18H,4-5,8,10H2,1-3H3. The first-order valence-corrected chi connectivity index (χ1v) is 7.19. The van der Waals surface area contributed by atoms with Crippen LogP contribution in [0.1, 0.15) is 31.5 Å². The Morgan fingerprint density at radius 2 is 2.05 bits per heavy atom. The molecule has 2 rings (SSSR count). The maximum absolute atomic E-state index is 13.5. The van der Waals surface area contributed by atoms with E-state index in [2.05, 4.69) is 31.2 Å². The van der Waals surface area contributed by atoms with E-state index in [1.54, 1.807) is 6.07 Å². The van der Waals surface area contributed by atoms with Crippen molar-refractivity contribution in [1.29, 1.82) is 0 Å². The fraction of sp³-hybridized carbons (Fsp3) is 0.438. The minimum atomic E-state index is -0.192. The first-order valence-electron chi connectivity index (χ1n) is 7.19. The maximum atomic E-state index is 13.5. The van der Waals surface area contributed by atoms with Gasteiger partial charge in [0.2, 0.25) is 0 Å². The van der Waals surface area contributed by atoms with Gasteiger partial charge >= 0.3 is 0 Å². The molecule has 3 nitrogen and oxygen atoms in total. The van der Waals surface area contributed by atoms with E-state index in [1.165, 1.54) is 6.07 Å². The van der Waals surface area contributed by atoms with E-state index in [0.717, 1.165) is 41.9 Å². The molecule has 0 bridgehead atoms. The quantitative estimate of drug-likeness (QED) is 0.817. The van der Waals surface area contributed by atoms with E-state index in [0.29, 0.717) is 6.54 Å². The second-order valence-electron chi connectivity index (χ2n) is 4.94. The van der Waals surface area contributed by atoms with Crippen molar-refractivity contribution in [2.45, 2.75) is 40.3 Å². The Morgan fingerprint density at radius 3 is 2.70 bits per heavy atom. The van der Waals surface area contributed by atoms with Gasteiger partial charge in [-0.15, -0.1) is 0 Å². The highest BCUT2D eigenvalue weighted by Gasteiger charge is 2.12. The van der Waals surface area contributed by atoms with Gasteiger partial charge in [0, 0.05) is 24.3 Å². The van der Waals surface area contributed by atoms with Gasteiger partial charge in [-0.2, -0.15) is 5.10 Å². The lowest BCUT2D eigenvalue weighted by molar-refractivity contribution is 0.619. The molecule has 0 amide bonds. The van der Waals surface area contributed by atoms with Crippen molar-refractivity contribution in [2.75, 3.05) is 6.54 Å². The molecule has 1 aromatic heterocycles. The van der Waals surface area contributed by atoms with Gasteiger partial charge in [0.15, 0.2) is 0 Å². The highest BCUT2D eigenvalue weighted by Crippen LogP contribution is 2.27. The lowest BCUT2D eigenvalue weighted by Crippen LogP contribution is -2.14. The molecule has 20 heavy (non-hydrogen) atoms. The van der Waals surface area contributed by atoms with Crippen molar-refractivity contribution in [3.8, 4) is 11.1 Å². The second-order valence-corrected chi connectivity index (χ2v) is 4.94. The molecule has 1 N–H and O–H groups in total. The highest BCUT2D eigenvalue weighted by atomic mass is 19.1. The number of aromatic nitrogens is 2. The molecular weight excluding hydrogens is 253 g/mol. The van der Waals surface area contributed by atoms with E-state index < -0.39 is 0 Å². The summed E-state index contributed by atoms with van der Waals surface area (Å²) in [4.78, 5) is 0. The second kappa shape index (κ2) is 6.66. The van der Waals surface area contributed by atoms with Crippen LogP contribution in [0.4, 0.5) is 4.39 Å². The Hall–Kier alpha value is -1.68. The normalized spacial score (nSPS) is 11.0. The van der Waals surface area contributed by atoms with Crippen LogP contribution in [-0.2, 0) is 13.1 Å². The van der Waals surface area contributed by atoms with Crippen molar-refractivity contribution < 1.29 is 4.39 Å². The van der Waals surface area contributed by atoms with E-state index in [4.69, 9.17) is 0 Å². The Kier molecular flexibility index (Phi) is 4.90. The summed E-state index contributed by atoms with van der Waals surface area (Å²) in [5.41, 5.74) is 4.25. The first-order chi connectivity index (χ1) is 9.67. The molecule has 0 spiro atoms. The van der Waals surface area contributed by atoms with Crippen LogP contribution in [0.5, 0.6) is 0 Å². The zero-order valence-electron chi connectivity index (χ0n) is 12.4. The SMILES string of the molecule is CCCNCc1cc(F)ccc1-c1cnn(CC)c1C. The predicted octanol–water partition coefficient (Wildman–Crippen LogP) is 3.52. The summed E-state index contributed by atoms with van der Waals surface area (Å²) >= 11 is 0. The van der Waals surface area contributed by atoms with Crippen molar-refractivity contribution in [2.24, 2.45) is 0 Å². The van der Waals surface area contributed by atoms with Gasteiger partial charge < -0.3 is 5.32 Å². The van der Waals surface area contributed by atoms with E-state index in [-0.39, 0.29) is 5.82 Å². The topological polar surface area (TPSA) is 29.9 Å². The molecule has 0 fully saturated rings. The number of nitrogens with zero attached hydrogens (tertiary/aromatic N) is 2. The van der Waals surface area contributed by atoms with E-state index in [1.807, 2.05) is 16.9 Å². The van der Waals surface area contributed by atoms with Gasteiger partial charge in [0.1, 0.15) is 5.82 Å². The molecule has 2 aromatic rings. The first kappa shape index (κ1) is 14.7. The summed E-state index contributed by atoms with van der Waals surface area (Å²) in [7, 11) is 0. The lowest BCUT2D eigenvalue weighted by atomic mass is 10.00. The Balaban J connectivity index is 2.36. The van der Waals surface area contributed by atoms with Gasteiger partial charge in [-0.25, -0.2) is 4.39 Å². The third kappa shape index (κ3) is 3.07. The van der Waals surface area contributed by atoms with Gasteiger partial charge in [0.05, 0.1) is 6.20 Å². The van der Waals surface area contributed by atoms with Gasteiger partial charge in [-0.3, -0.25) is 4.68 Å². The summed E-state index contributed by atoms with van der Waals surface area (Å²) in [5.74, 6) is -0.192. The Labute approximate surface area is 119 Å². The van der Waals surface area contributed by atoms with Crippen molar-refractivity contribution in [1.82, 2.24) is 15.1 Å². The molecule has 0 radical (unpaired) electrons. The van der Waals surface area contributed by atoms with Crippen LogP contribution in [0, 0.1) is 12.7 Å². The molecule has 0 saturated heterocycles. The average Bonchev–Trinajstić information content (AvgIpc) is 2.80. The fourth-order valence-corrected chi connectivity index (χ4v) is 2.40. The molecule has 0 atom stereocenters. The summed E-state index contributed by atoms with van der Waals surface area (Å²) in [6, 6.07) is 4.98. The molecule has 0 saturated carbocycles. The molecule has 0 aliphatic heterocycles. The summed E-state index contributed by atoms with van der Waals surface area (Å²) in [5, 5.41) is 7.71. The average molecular weight is 275 g/mol. The molecule has 0 aliphatic carbocycles. The van der Waals surface area contributed by atoms with Gasteiger partial charge in [-0.05, 0) is 50.1 Å². The molecule has 4 heteroatoms. The monoisotopic (exact) mass is 275 g/mol. The zero-order chi connectivity index (χ0) is 14.5. The summed E-state index contributed by atoms with van der Waals surface area (Å²) in [6.45, 7) is 8.70. The van der Waals surface area contributed by atoms with Crippen LogP contribution in [0.25, 0.3) is 11.1 Å². The van der Waals surface area contributed by atoms with Crippen LogP contribution >= 0.6 is 0 Å². The smallest absolute Gasteiger partial charge is 0.123 e.